The van der Waals surface area contributed by atoms with Crippen LogP contribution in [0.15, 0.2) is 46.4 Å². The molecule has 1 aromatic heterocycles. The lowest BCUT2D eigenvalue weighted by Crippen LogP contribution is -2.33. The number of carbonyl (C=O) groups is 2. The third-order valence-corrected chi connectivity index (χ3v) is 5.68. The van der Waals surface area contributed by atoms with E-state index in [9.17, 15) is 14.7 Å². The van der Waals surface area contributed by atoms with Crippen molar-refractivity contribution >= 4 is 29.9 Å². The molecule has 1 aliphatic rings. The number of halogens is 1. The highest BCUT2D eigenvalue weighted by Gasteiger charge is 2.47. The number of hydrogen-bond donors (Lipinski definition) is 1. The first kappa shape index (κ1) is 25.5. The van der Waals surface area contributed by atoms with E-state index in [0.29, 0.717) is 35.8 Å². The Hall–Kier alpha value is -2.77. The van der Waals surface area contributed by atoms with Gasteiger partial charge in [0, 0.05) is 12.1 Å². The normalized spacial score (nSPS) is 17.7. The van der Waals surface area contributed by atoms with Gasteiger partial charge in [0.05, 0.1) is 12.7 Å². The number of aliphatic hydroxyl groups excluding tert-OH is 1. The largest absolute Gasteiger partial charge is 0.507 e. The first-order chi connectivity index (χ1) is 14.9. The van der Waals surface area contributed by atoms with Crippen molar-refractivity contribution in [2.24, 2.45) is 0 Å². The zero-order chi connectivity index (χ0) is 22.5. The van der Waals surface area contributed by atoms with Crippen LogP contribution in [0.5, 0.6) is 5.75 Å². The van der Waals surface area contributed by atoms with Gasteiger partial charge in [-0.15, -0.1) is 12.4 Å². The predicted octanol–water partition coefficient (Wildman–Crippen LogP) is 4.17. The fourth-order valence-corrected chi connectivity index (χ4v) is 3.94. The highest BCUT2D eigenvalue weighted by atomic mass is 35.5. The Morgan fingerprint density at radius 3 is 2.50 bits per heavy atom. The SMILES string of the molecule is CCN(CC)CCCN1C(=O)C(=O)C(=C(O)c2cccc(OC)c2)C1c1ccc(C)o1.Cl. The molecule has 174 valence electrons. The minimum atomic E-state index is -0.767. The van der Waals surface area contributed by atoms with Gasteiger partial charge in [0.1, 0.15) is 29.1 Å². The number of nitrogens with zero attached hydrogens (tertiary/aromatic N) is 2. The lowest BCUT2D eigenvalue weighted by atomic mass is 9.99. The average Bonchev–Trinajstić information content (AvgIpc) is 3.32. The fourth-order valence-electron chi connectivity index (χ4n) is 3.94. The molecule has 7 nitrogen and oxygen atoms in total. The molecule has 1 amide bonds. The van der Waals surface area contributed by atoms with E-state index in [1.807, 2.05) is 0 Å². The summed E-state index contributed by atoms with van der Waals surface area (Å²) >= 11 is 0. The second-order valence-electron chi connectivity index (χ2n) is 7.55. The first-order valence-corrected chi connectivity index (χ1v) is 10.6. The van der Waals surface area contributed by atoms with Crippen LogP contribution in [-0.4, -0.2) is 59.9 Å². The molecule has 1 atom stereocenters. The number of furan rings is 1. The number of Topliss-reactive ketones (excluding diaryl/α,β-unsaturated/α-hetero) is 1. The van der Waals surface area contributed by atoms with Crippen molar-refractivity contribution in [3.63, 3.8) is 0 Å². The summed E-state index contributed by atoms with van der Waals surface area (Å²) in [4.78, 5) is 29.7. The average molecular weight is 463 g/mol. The topological polar surface area (TPSA) is 83.2 Å². The van der Waals surface area contributed by atoms with Gasteiger partial charge in [0.15, 0.2) is 0 Å². The molecule has 1 saturated heterocycles. The van der Waals surface area contributed by atoms with Crippen molar-refractivity contribution in [3.8, 4) is 5.75 Å². The van der Waals surface area contributed by atoms with Crippen molar-refractivity contribution in [1.82, 2.24) is 9.80 Å². The first-order valence-electron chi connectivity index (χ1n) is 10.6. The summed E-state index contributed by atoms with van der Waals surface area (Å²) < 4.78 is 11.0. The van der Waals surface area contributed by atoms with Gasteiger partial charge in [0.25, 0.3) is 11.7 Å². The Morgan fingerprint density at radius 1 is 1.19 bits per heavy atom. The van der Waals surface area contributed by atoms with E-state index in [1.54, 1.807) is 43.3 Å². The summed E-state index contributed by atoms with van der Waals surface area (Å²) in [6.07, 6.45) is 0.712. The maximum atomic E-state index is 13.0. The molecule has 8 heteroatoms. The third kappa shape index (κ3) is 5.16. The molecular weight excluding hydrogens is 432 g/mol. The maximum Gasteiger partial charge on any atom is 0.295 e. The van der Waals surface area contributed by atoms with Crippen LogP contribution in [0.3, 0.4) is 0 Å². The van der Waals surface area contributed by atoms with E-state index in [4.69, 9.17) is 9.15 Å². The van der Waals surface area contributed by atoms with E-state index < -0.39 is 17.7 Å². The zero-order valence-electron chi connectivity index (χ0n) is 19.0. The van der Waals surface area contributed by atoms with Crippen molar-refractivity contribution < 1.29 is 23.8 Å². The van der Waals surface area contributed by atoms with Crippen molar-refractivity contribution in [3.05, 3.63) is 59.1 Å². The van der Waals surface area contributed by atoms with Crippen LogP contribution in [0.4, 0.5) is 0 Å². The third-order valence-electron chi connectivity index (χ3n) is 5.68. The van der Waals surface area contributed by atoms with Gasteiger partial charge >= 0.3 is 0 Å². The number of aryl methyl sites for hydroxylation is 1. The number of methoxy groups -OCH3 is 1. The van der Waals surface area contributed by atoms with Crippen molar-refractivity contribution in [2.45, 2.75) is 33.2 Å². The second-order valence-corrected chi connectivity index (χ2v) is 7.55. The number of ketones is 1. The minimum absolute atomic E-state index is 0. The van der Waals surface area contributed by atoms with Crippen LogP contribution in [0.2, 0.25) is 0 Å². The van der Waals surface area contributed by atoms with Gasteiger partial charge in [-0.25, -0.2) is 0 Å². The van der Waals surface area contributed by atoms with Crippen LogP contribution in [0.25, 0.3) is 5.76 Å². The van der Waals surface area contributed by atoms with Crippen LogP contribution in [-0.2, 0) is 9.59 Å². The molecule has 2 heterocycles. The number of carbonyl (C=O) groups excluding carboxylic acids is 2. The lowest BCUT2D eigenvalue weighted by molar-refractivity contribution is -0.140. The van der Waals surface area contributed by atoms with Gasteiger partial charge in [-0.2, -0.15) is 0 Å². The Morgan fingerprint density at radius 2 is 1.91 bits per heavy atom. The smallest absolute Gasteiger partial charge is 0.295 e. The summed E-state index contributed by atoms with van der Waals surface area (Å²) in [6, 6.07) is 9.55. The number of rotatable bonds is 9. The summed E-state index contributed by atoms with van der Waals surface area (Å²) in [7, 11) is 1.53. The molecule has 1 fully saturated rings. The number of aliphatic hydroxyl groups is 1. The summed E-state index contributed by atoms with van der Waals surface area (Å²) in [5.41, 5.74) is 0.448. The molecule has 1 unspecified atom stereocenters. The Balaban J connectivity index is 0.00000363. The molecule has 1 N–H and O–H groups in total. The second kappa shape index (κ2) is 11.2. The lowest BCUT2D eigenvalue weighted by Gasteiger charge is -2.25. The number of ether oxygens (including phenoxy) is 1. The number of hydrogen-bond acceptors (Lipinski definition) is 6. The van der Waals surface area contributed by atoms with Crippen LogP contribution in [0, 0.1) is 6.92 Å². The van der Waals surface area contributed by atoms with E-state index >= 15 is 0 Å². The molecule has 0 saturated carbocycles. The Bertz CT molecular complexity index is 980. The van der Waals surface area contributed by atoms with Gasteiger partial charge in [0.2, 0.25) is 0 Å². The zero-order valence-corrected chi connectivity index (χ0v) is 19.8. The summed E-state index contributed by atoms with van der Waals surface area (Å²) in [5.74, 6) is 0.116. The molecule has 3 rings (SSSR count). The van der Waals surface area contributed by atoms with Crippen molar-refractivity contribution in [2.75, 3.05) is 33.3 Å². The molecule has 2 aromatic rings. The molecule has 0 bridgehead atoms. The van der Waals surface area contributed by atoms with E-state index in [0.717, 1.165) is 19.6 Å². The van der Waals surface area contributed by atoms with E-state index in [1.165, 1.54) is 12.0 Å². The summed E-state index contributed by atoms with van der Waals surface area (Å²) in [6.45, 7) is 9.04. The van der Waals surface area contributed by atoms with Crippen LogP contribution < -0.4 is 4.74 Å². The monoisotopic (exact) mass is 462 g/mol. The highest BCUT2D eigenvalue weighted by Crippen LogP contribution is 2.40. The van der Waals surface area contributed by atoms with Gasteiger partial charge in [-0.3, -0.25) is 9.59 Å². The quantitative estimate of drug-likeness (QED) is 0.342. The standard InChI is InChI=1S/C24H30N2O5.ClH/c1-5-25(6-2)13-8-14-26-21(19-12-11-16(3)31-19)20(23(28)24(26)29)22(27)17-9-7-10-18(15-17)30-4;/h7,9-12,15,21,27H,5-6,8,13-14H2,1-4H3;1H. The maximum absolute atomic E-state index is 13.0. The Labute approximate surface area is 195 Å². The molecule has 32 heavy (non-hydrogen) atoms. The highest BCUT2D eigenvalue weighted by molar-refractivity contribution is 6.46. The van der Waals surface area contributed by atoms with Crippen LogP contribution >= 0.6 is 12.4 Å². The predicted molar refractivity (Wildman–Crippen MR) is 125 cm³/mol. The Kier molecular flexibility index (Phi) is 8.92. The molecule has 0 spiro atoms. The minimum Gasteiger partial charge on any atom is -0.507 e. The number of likely N-dealkylation sites (tertiary alicyclic amines) is 1. The van der Waals surface area contributed by atoms with Crippen molar-refractivity contribution in [1.29, 1.82) is 0 Å². The molecule has 1 aliphatic heterocycles. The van der Waals surface area contributed by atoms with E-state index in [-0.39, 0.29) is 23.7 Å². The van der Waals surface area contributed by atoms with Gasteiger partial charge in [-0.05, 0) is 57.2 Å². The number of amides is 1. The molecule has 0 radical (unpaired) electrons. The number of benzene rings is 1. The fraction of sp³-hybridized carbons (Fsp3) is 0.417. The summed E-state index contributed by atoms with van der Waals surface area (Å²) in [5, 5.41) is 11.0. The molecular formula is C24H31ClN2O5. The van der Waals surface area contributed by atoms with Crippen LogP contribution in [0.1, 0.15) is 43.4 Å². The van der Waals surface area contributed by atoms with Gasteiger partial charge < -0.3 is 24.1 Å². The molecule has 1 aromatic carbocycles. The van der Waals surface area contributed by atoms with E-state index in [2.05, 4.69) is 18.7 Å². The molecule has 0 aliphatic carbocycles. The van der Waals surface area contributed by atoms with Gasteiger partial charge in [-0.1, -0.05) is 26.0 Å².